The molecule has 26 heavy (non-hydrogen) atoms. The minimum absolute atomic E-state index is 0.269. The van der Waals surface area contributed by atoms with Crippen LogP contribution in [0.4, 0.5) is 0 Å². The van der Waals surface area contributed by atoms with E-state index < -0.39 is 0 Å². The molecule has 1 saturated heterocycles. The summed E-state index contributed by atoms with van der Waals surface area (Å²) in [6, 6.07) is 6.21. The summed E-state index contributed by atoms with van der Waals surface area (Å²) < 4.78 is 7.49. The normalized spacial score (nSPS) is 15.3. The van der Waals surface area contributed by atoms with E-state index in [-0.39, 0.29) is 5.91 Å². The van der Waals surface area contributed by atoms with Crippen LogP contribution < -0.4 is 10.1 Å². The number of benzene rings is 1. The Hall–Kier alpha value is -2.01. The van der Waals surface area contributed by atoms with Gasteiger partial charge < -0.3 is 19.5 Å². The van der Waals surface area contributed by atoms with Crippen LogP contribution in [0.5, 0.6) is 5.75 Å². The van der Waals surface area contributed by atoms with Crippen LogP contribution in [-0.4, -0.2) is 48.7 Å². The molecule has 1 N–H and O–H groups in total. The van der Waals surface area contributed by atoms with Gasteiger partial charge in [-0.05, 0) is 56.0 Å². The maximum Gasteiger partial charge on any atom is 0.222 e. The molecule has 0 radical (unpaired) electrons. The molecular weight excluding hydrogens is 326 g/mol. The van der Waals surface area contributed by atoms with E-state index in [1.165, 1.54) is 29.3 Å². The summed E-state index contributed by atoms with van der Waals surface area (Å²) in [5.41, 5.74) is 2.47. The standard InChI is InChI=1S/C21H31N3O2/c1-4-21(25)24(14-16-7-10-22-11-8-16)12-9-17-15-23(2)20-13-18(26-3)5-6-19(17)20/h5-6,13,15-16,22H,4,7-12,14H2,1-3H3. The largest absolute Gasteiger partial charge is 0.497 e. The van der Waals surface area contributed by atoms with Crippen molar-refractivity contribution in [3.63, 3.8) is 0 Å². The van der Waals surface area contributed by atoms with Gasteiger partial charge in [-0.2, -0.15) is 0 Å². The predicted octanol–water partition coefficient (Wildman–Crippen LogP) is 2.97. The summed E-state index contributed by atoms with van der Waals surface area (Å²) in [5.74, 6) is 1.77. The lowest BCUT2D eigenvalue weighted by Crippen LogP contribution is -2.40. The monoisotopic (exact) mass is 357 g/mol. The SMILES string of the molecule is CCC(=O)N(CCc1cn(C)c2cc(OC)ccc12)CC1CCNCC1. The second-order valence-corrected chi connectivity index (χ2v) is 7.29. The summed E-state index contributed by atoms with van der Waals surface area (Å²) in [6.45, 7) is 5.80. The van der Waals surface area contributed by atoms with Crippen LogP contribution in [0.25, 0.3) is 10.9 Å². The van der Waals surface area contributed by atoms with Crippen molar-refractivity contribution in [1.82, 2.24) is 14.8 Å². The second-order valence-electron chi connectivity index (χ2n) is 7.29. The van der Waals surface area contributed by atoms with Gasteiger partial charge in [-0.3, -0.25) is 4.79 Å². The molecule has 3 rings (SSSR count). The highest BCUT2D eigenvalue weighted by molar-refractivity contribution is 5.85. The molecule has 1 amide bonds. The molecule has 1 aromatic carbocycles. The first kappa shape index (κ1) is 18.8. The van der Waals surface area contributed by atoms with Gasteiger partial charge in [0.15, 0.2) is 0 Å². The quantitative estimate of drug-likeness (QED) is 0.829. The second kappa shape index (κ2) is 8.58. The maximum absolute atomic E-state index is 12.4. The Morgan fingerprint density at radius 2 is 2.12 bits per heavy atom. The van der Waals surface area contributed by atoms with Crippen molar-refractivity contribution in [2.24, 2.45) is 13.0 Å². The van der Waals surface area contributed by atoms with Gasteiger partial charge in [0.1, 0.15) is 5.75 Å². The van der Waals surface area contributed by atoms with E-state index in [9.17, 15) is 4.79 Å². The summed E-state index contributed by atoms with van der Waals surface area (Å²) in [6.07, 6.45) is 5.99. The van der Waals surface area contributed by atoms with Gasteiger partial charge in [0.05, 0.1) is 12.6 Å². The minimum Gasteiger partial charge on any atom is -0.497 e. The van der Waals surface area contributed by atoms with Crippen LogP contribution in [0.2, 0.25) is 0 Å². The lowest BCUT2D eigenvalue weighted by molar-refractivity contribution is -0.131. The fraction of sp³-hybridized carbons (Fsp3) is 0.571. The Labute approximate surface area is 156 Å². The topological polar surface area (TPSA) is 46.5 Å². The number of aromatic nitrogens is 1. The third kappa shape index (κ3) is 4.21. The first-order valence-electron chi connectivity index (χ1n) is 9.72. The number of carbonyl (C=O) groups is 1. The number of amides is 1. The molecular formula is C21H31N3O2. The lowest BCUT2D eigenvalue weighted by atomic mass is 9.97. The molecule has 0 saturated carbocycles. The number of hydrogen-bond acceptors (Lipinski definition) is 3. The summed E-state index contributed by atoms with van der Waals surface area (Å²) in [5, 5.41) is 4.65. The average molecular weight is 357 g/mol. The molecule has 0 spiro atoms. The van der Waals surface area contributed by atoms with Crippen molar-refractivity contribution < 1.29 is 9.53 Å². The number of nitrogens with zero attached hydrogens (tertiary/aromatic N) is 2. The van der Waals surface area contributed by atoms with Gasteiger partial charge in [-0.15, -0.1) is 0 Å². The number of hydrogen-bond donors (Lipinski definition) is 1. The highest BCUT2D eigenvalue weighted by atomic mass is 16.5. The number of aryl methyl sites for hydroxylation is 1. The molecule has 0 bridgehead atoms. The highest BCUT2D eigenvalue weighted by Gasteiger charge is 2.20. The number of piperidine rings is 1. The molecule has 1 aliphatic heterocycles. The van der Waals surface area contributed by atoms with Crippen molar-refractivity contribution in [2.45, 2.75) is 32.6 Å². The zero-order valence-corrected chi connectivity index (χ0v) is 16.3. The van der Waals surface area contributed by atoms with E-state index in [2.05, 4.69) is 40.2 Å². The van der Waals surface area contributed by atoms with Crippen molar-refractivity contribution >= 4 is 16.8 Å². The first-order valence-corrected chi connectivity index (χ1v) is 9.72. The summed E-state index contributed by atoms with van der Waals surface area (Å²) >= 11 is 0. The lowest BCUT2D eigenvalue weighted by Gasteiger charge is -2.30. The van der Waals surface area contributed by atoms with Crippen molar-refractivity contribution in [3.8, 4) is 5.75 Å². The molecule has 5 heteroatoms. The summed E-state index contributed by atoms with van der Waals surface area (Å²) in [7, 11) is 3.76. The van der Waals surface area contributed by atoms with Crippen molar-refractivity contribution in [2.75, 3.05) is 33.3 Å². The van der Waals surface area contributed by atoms with Gasteiger partial charge in [0, 0.05) is 44.2 Å². The Bertz CT molecular complexity index is 747. The number of methoxy groups -OCH3 is 1. The minimum atomic E-state index is 0.269. The van der Waals surface area contributed by atoms with E-state index in [1.807, 2.05) is 13.0 Å². The molecule has 0 aliphatic carbocycles. The molecule has 1 aromatic heterocycles. The third-order valence-corrected chi connectivity index (χ3v) is 5.52. The highest BCUT2D eigenvalue weighted by Crippen LogP contribution is 2.26. The Balaban J connectivity index is 1.72. The maximum atomic E-state index is 12.4. The van der Waals surface area contributed by atoms with Crippen LogP contribution in [0.3, 0.4) is 0 Å². The van der Waals surface area contributed by atoms with Gasteiger partial charge in [-0.1, -0.05) is 6.92 Å². The Morgan fingerprint density at radius 1 is 1.35 bits per heavy atom. The van der Waals surface area contributed by atoms with E-state index in [4.69, 9.17) is 4.74 Å². The van der Waals surface area contributed by atoms with E-state index in [1.54, 1.807) is 7.11 Å². The van der Waals surface area contributed by atoms with Gasteiger partial charge >= 0.3 is 0 Å². The smallest absolute Gasteiger partial charge is 0.222 e. The molecule has 0 unspecified atom stereocenters. The Morgan fingerprint density at radius 3 is 2.81 bits per heavy atom. The van der Waals surface area contributed by atoms with Crippen LogP contribution in [0, 0.1) is 5.92 Å². The zero-order valence-electron chi connectivity index (χ0n) is 16.3. The van der Waals surface area contributed by atoms with Crippen LogP contribution >= 0.6 is 0 Å². The fourth-order valence-electron chi connectivity index (χ4n) is 3.95. The summed E-state index contributed by atoms with van der Waals surface area (Å²) in [4.78, 5) is 14.5. The molecule has 5 nitrogen and oxygen atoms in total. The van der Waals surface area contributed by atoms with Crippen molar-refractivity contribution in [3.05, 3.63) is 30.0 Å². The molecule has 2 heterocycles. The number of ether oxygens (including phenoxy) is 1. The van der Waals surface area contributed by atoms with E-state index in [0.29, 0.717) is 12.3 Å². The number of fused-ring (bicyclic) bond motifs is 1. The van der Waals surface area contributed by atoms with Gasteiger partial charge in [0.2, 0.25) is 5.91 Å². The van der Waals surface area contributed by atoms with Gasteiger partial charge in [0.25, 0.3) is 0 Å². The van der Waals surface area contributed by atoms with Gasteiger partial charge in [-0.25, -0.2) is 0 Å². The molecule has 1 fully saturated rings. The van der Waals surface area contributed by atoms with Crippen molar-refractivity contribution in [1.29, 1.82) is 0 Å². The van der Waals surface area contributed by atoms with Crippen LogP contribution in [-0.2, 0) is 18.3 Å². The number of rotatable bonds is 7. The number of carbonyl (C=O) groups excluding carboxylic acids is 1. The molecule has 2 aromatic rings. The zero-order chi connectivity index (χ0) is 18.5. The first-order chi connectivity index (χ1) is 12.6. The van der Waals surface area contributed by atoms with E-state index >= 15 is 0 Å². The van der Waals surface area contributed by atoms with Crippen LogP contribution in [0.1, 0.15) is 31.7 Å². The van der Waals surface area contributed by atoms with E-state index in [0.717, 1.165) is 38.3 Å². The average Bonchev–Trinajstić information content (AvgIpc) is 3.00. The molecule has 0 atom stereocenters. The molecule has 1 aliphatic rings. The molecule has 142 valence electrons. The Kier molecular flexibility index (Phi) is 6.20. The number of nitrogens with one attached hydrogen (secondary N) is 1. The predicted molar refractivity (Wildman–Crippen MR) is 106 cm³/mol. The third-order valence-electron chi connectivity index (χ3n) is 5.52. The van der Waals surface area contributed by atoms with Crippen LogP contribution in [0.15, 0.2) is 24.4 Å². The fourth-order valence-corrected chi connectivity index (χ4v) is 3.95.